The van der Waals surface area contributed by atoms with Crippen LogP contribution in [0.15, 0.2) is 0 Å². The van der Waals surface area contributed by atoms with E-state index in [1.165, 1.54) is 51.5 Å². The van der Waals surface area contributed by atoms with Crippen molar-refractivity contribution in [3.63, 3.8) is 0 Å². The second-order valence-corrected chi connectivity index (χ2v) is 7.90. The maximum absolute atomic E-state index is 12.7. The summed E-state index contributed by atoms with van der Waals surface area (Å²) in [5.74, 6) is 1.86. The van der Waals surface area contributed by atoms with Gasteiger partial charge in [-0.15, -0.1) is 0 Å². The highest BCUT2D eigenvalue weighted by Gasteiger charge is 2.48. The highest BCUT2D eigenvalue weighted by Crippen LogP contribution is 2.36. The van der Waals surface area contributed by atoms with E-state index in [0.717, 1.165) is 32.1 Å². The van der Waals surface area contributed by atoms with Crippen LogP contribution in [-0.4, -0.2) is 61.1 Å². The van der Waals surface area contributed by atoms with Crippen LogP contribution in [0.5, 0.6) is 0 Å². The zero-order valence-electron chi connectivity index (χ0n) is 13.7. The molecule has 0 bridgehead atoms. The second kappa shape index (κ2) is 6.48. The van der Waals surface area contributed by atoms with Crippen LogP contribution in [0.2, 0.25) is 0 Å². The molecule has 1 aliphatic carbocycles. The first-order valence-corrected chi connectivity index (χ1v) is 9.44. The van der Waals surface area contributed by atoms with Gasteiger partial charge in [-0.3, -0.25) is 4.79 Å². The van der Waals surface area contributed by atoms with Gasteiger partial charge >= 0.3 is 0 Å². The van der Waals surface area contributed by atoms with E-state index in [-0.39, 0.29) is 5.92 Å². The van der Waals surface area contributed by atoms with Crippen molar-refractivity contribution in [3.05, 3.63) is 0 Å². The van der Waals surface area contributed by atoms with E-state index in [0.29, 0.717) is 24.5 Å². The Kier molecular flexibility index (Phi) is 4.40. The first kappa shape index (κ1) is 14.9. The Hall–Kier alpha value is -0.610. The zero-order valence-corrected chi connectivity index (χ0v) is 13.7. The van der Waals surface area contributed by atoms with E-state index in [1.54, 1.807) is 0 Å². The summed E-state index contributed by atoms with van der Waals surface area (Å²) in [7, 11) is 0. The van der Waals surface area contributed by atoms with E-state index >= 15 is 0 Å². The van der Waals surface area contributed by atoms with Crippen LogP contribution >= 0.6 is 0 Å². The molecule has 3 atom stereocenters. The van der Waals surface area contributed by atoms with Gasteiger partial charge in [0.2, 0.25) is 5.91 Å². The molecule has 4 nitrogen and oxygen atoms in total. The summed E-state index contributed by atoms with van der Waals surface area (Å²) in [6.07, 6.45) is 9.75. The number of amides is 1. The van der Waals surface area contributed by atoms with Gasteiger partial charge in [0.1, 0.15) is 0 Å². The summed E-state index contributed by atoms with van der Waals surface area (Å²) in [5.41, 5.74) is 0. The number of hydrogen-bond donors (Lipinski definition) is 0. The number of carbonyl (C=O) groups excluding carboxylic acids is 1. The van der Waals surface area contributed by atoms with Crippen molar-refractivity contribution < 1.29 is 9.53 Å². The van der Waals surface area contributed by atoms with Gasteiger partial charge < -0.3 is 14.5 Å². The van der Waals surface area contributed by atoms with Crippen LogP contribution in [-0.2, 0) is 9.53 Å². The predicted octanol–water partition coefficient (Wildman–Crippen LogP) is 2.14. The Labute approximate surface area is 134 Å². The average molecular weight is 306 g/mol. The topological polar surface area (TPSA) is 32.8 Å². The van der Waals surface area contributed by atoms with Crippen LogP contribution in [0.25, 0.3) is 0 Å². The number of rotatable bonds is 3. The number of nitrogens with zero attached hydrogens (tertiary/aromatic N) is 2. The molecule has 0 N–H and O–H groups in total. The Morgan fingerprint density at radius 2 is 1.77 bits per heavy atom. The minimum Gasteiger partial charge on any atom is -0.376 e. The molecule has 4 heteroatoms. The largest absolute Gasteiger partial charge is 0.376 e. The fraction of sp³-hybridized carbons (Fsp3) is 0.944. The van der Waals surface area contributed by atoms with Gasteiger partial charge in [-0.2, -0.15) is 0 Å². The monoisotopic (exact) mass is 306 g/mol. The lowest BCUT2D eigenvalue weighted by atomic mass is 9.89. The van der Waals surface area contributed by atoms with E-state index in [1.807, 2.05) is 0 Å². The number of fused-ring (bicyclic) bond motifs is 1. The lowest BCUT2D eigenvalue weighted by Crippen LogP contribution is -2.39. The van der Waals surface area contributed by atoms with E-state index in [4.69, 9.17) is 4.74 Å². The lowest BCUT2D eigenvalue weighted by Gasteiger charge is -2.28. The molecule has 4 rings (SSSR count). The van der Waals surface area contributed by atoms with Crippen molar-refractivity contribution in [2.45, 2.75) is 51.0 Å². The number of ether oxygens (including phenoxy) is 1. The molecule has 0 radical (unpaired) electrons. The summed E-state index contributed by atoms with van der Waals surface area (Å²) >= 11 is 0. The summed E-state index contributed by atoms with van der Waals surface area (Å²) in [5, 5.41) is 0. The van der Waals surface area contributed by atoms with Crippen LogP contribution in [0.4, 0.5) is 0 Å². The molecule has 0 aromatic carbocycles. The summed E-state index contributed by atoms with van der Waals surface area (Å²) in [4.78, 5) is 17.4. The third-order valence-electron chi connectivity index (χ3n) is 6.37. The Morgan fingerprint density at radius 3 is 2.55 bits per heavy atom. The summed E-state index contributed by atoms with van der Waals surface area (Å²) in [6, 6.07) is 0. The van der Waals surface area contributed by atoms with Crippen molar-refractivity contribution in [1.82, 2.24) is 9.80 Å². The second-order valence-electron chi connectivity index (χ2n) is 7.90. The molecular weight excluding hydrogens is 276 g/mol. The highest BCUT2D eigenvalue weighted by molar-refractivity contribution is 5.80. The molecule has 0 aromatic heterocycles. The summed E-state index contributed by atoms with van der Waals surface area (Å²) in [6.45, 7) is 6.00. The zero-order chi connectivity index (χ0) is 14.9. The van der Waals surface area contributed by atoms with E-state index in [9.17, 15) is 4.79 Å². The molecule has 4 fully saturated rings. The van der Waals surface area contributed by atoms with Gasteiger partial charge in [-0.1, -0.05) is 19.3 Å². The Morgan fingerprint density at radius 1 is 1.00 bits per heavy atom. The molecule has 4 aliphatic rings. The average Bonchev–Trinajstić information content (AvgIpc) is 3.24. The fourth-order valence-corrected chi connectivity index (χ4v) is 5.10. The number of likely N-dealkylation sites (tertiary alicyclic amines) is 2. The quantitative estimate of drug-likeness (QED) is 0.801. The normalized spacial score (nSPS) is 36.9. The molecule has 1 saturated carbocycles. The van der Waals surface area contributed by atoms with Crippen LogP contribution in [0, 0.1) is 17.8 Å². The van der Waals surface area contributed by atoms with Crippen molar-refractivity contribution >= 4 is 5.91 Å². The van der Waals surface area contributed by atoms with Crippen molar-refractivity contribution in [2.75, 3.05) is 39.3 Å². The minimum atomic E-state index is 0.138. The highest BCUT2D eigenvalue weighted by atomic mass is 16.5. The third-order valence-corrected chi connectivity index (χ3v) is 6.37. The van der Waals surface area contributed by atoms with Crippen LogP contribution in [0.1, 0.15) is 44.9 Å². The van der Waals surface area contributed by atoms with Gasteiger partial charge in [-0.05, 0) is 31.6 Å². The summed E-state index contributed by atoms with van der Waals surface area (Å²) < 4.78 is 6.00. The van der Waals surface area contributed by atoms with Gasteiger partial charge in [0.15, 0.2) is 0 Å². The molecule has 0 unspecified atom stereocenters. The molecule has 0 aromatic rings. The molecular formula is C18H30N2O2. The third kappa shape index (κ3) is 2.92. The first-order valence-electron chi connectivity index (χ1n) is 9.44. The maximum Gasteiger partial charge on any atom is 0.228 e. The molecule has 124 valence electrons. The van der Waals surface area contributed by atoms with E-state index in [2.05, 4.69) is 9.80 Å². The maximum atomic E-state index is 12.7. The molecule has 22 heavy (non-hydrogen) atoms. The van der Waals surface area contributed by atoms with E-state index < -0.39 is 0 Å². The molecule has 3 saturated heterocycles. The van der Waals surface area contributed by atoms with Gasteiger partial charge in [0.05, 0.1) is 18.6 Å². The minimum absolute atomic E-state index is 0.138. The Bertz CT molecular complexity index is 402. The number of hydrogen-bond acceptors (Lipinski definition) is 3. The van der Waals surface area contributed by atoms with Crippen molar-refractivity contribution in [1.29, 1.82) is 0 Å². The standard InChI is InChI=1S/C18H30N2O2/c21-18(20-8-4-5-9-20)16-13-22-17-12-19(11-15(16)17)10-14-6-2-1-3-7-14/h14-17H,1-13H2/t15-,16+,17-/m1/s1. The fourth-order valence-electron chi connectivity index (χ4n) is 5.10. The predicted molar refractivity (Wildman–Crippen MR) is 85.5 cm³/mol. The molecule has 1 amide bonds. The smallest absolute Gasteiger partial charge is 0.228 e. The van der Waals surface area contributed by atoms with Crippen LogP contribution in [0.3, 0.4) is 0 Å². The van der Waals surface area contributed by atoms with Gasteiger partial charge in [0.25, 0.3) is 0 Å². The SMILES string of the molecule is O=C([C@H]1CO[C@@H]2CN(CC3CCCCC3)C[C@H]12)N1CCCC1. The molecule has 3 aliphatic heterocycles. The Balaban J connectivity index is 1.33. The van der Waals surface area contributed by atoms with Gasteiger partial charge in [0, 0.05) is 38.6 Å². The lowest BCUT2D eigenvalue weighted by molar-refractivity contribution is -0.135. The van der Waals surface area contributed by atoms with Gasteiger partial charge in [-0.25, -0.2) is 0 Å². The number of carbonyl (C=O) groups is 1. The molecule has 0 spiro atoms. The molecule has 3 heterocycles. The first-order chi connectivity index (χ1) is 10.8. The van der Waals surface area contributed by atoms with Crippen molar-refractivity contribution in [2.24, 2.45) is 17.8 Å². The van der Waals surface area contributed by atoms with Crippen molar-refractivity contribution in [3.8, 4) is 0 Å². The van der Waals surface area contributed by atoms with Crippen LogP contribution < -0.4 is 0 Å².